The summed E-state index contributed by atoms with van der Waals surface area (Å²) >= 11 is 0. The fraction of sp³-hybridized carbons (Fsp3) is 0.125. The first-order chi connectivity index (χ1) is 5.77. The Bertz CT molecular complexity index is 315. The number of carboxylic acid groups (broad SMARTS) is 1. The Kier molecular flexibility index (Phi) is 1.40. The number of carbonyl (C=O) groups is 1. The lowest BCUT2D eigenvalue weighted by molar-refractivity contribution is -0.132. The highest BCUT2D eigenvalue weighted by Gasteiger charge is 2.16. The van der Waals surface area contributed by atoms with Crippen molar-refractivity contribution in [3.05, 3.63) is 35.8 Å². The van der Waals surface area contributed by atoms with Crippen molar-refractivity contribution in [2.24, 2.45) is 0 Å². The highest BCUT2D eigenvalue weighted by molar-refractivity contribution is 5.90. The summed E-state index contributed by atoms with van der Waals surface area (Å²) in [5, 5.41) is 11.7. The normalized spacial score (nSPS) is 19.5. The molecular formula is C8H8N2O2. The summed E-state index contributed by atoms with van der Waals surface area (Å²) in [6.07, 6.45) is 6.79. The maximum Gasteiger partial charge on any atom is 0.335 e. The van der Waals surface area contributed by atoms with E-state index in [1.807, 2.05) is 4.90 Å². The van der Waals surface area contributed by atoms with Gasteiger partial charge >= 0.3 is 5.97 Å². The van der Waals surface area contributed by atoms with Crippen LogP contribution in [0, 0.1) is 0 Å². The number of rotatable bonds is 1. The third-order valence-corrected chi connectivity index (χ3v) is 1.83. The summed E-state index contributed by atoms with van der Waals surface area (Å²) in [5.41, 5.74) is 1.22. The number of carboxylic acids is 1. The van der Waals surface area contributed by atoms with Crippen LogP contribution in [-0.2, 0) is 4.79 Å². The van der Waals surface area contributed by atoms with E-state index in [4.69, 9.17) is 5.11 Å². The molecule has 0 saturated carbocycles. The molecule has 4 nitrogen and oxygen atoms in total. The Morgan fingerprint density at radius 1 is 1.67 bits per heavy atom. The molecule has 12 heavy (non-hydrogen) atoms. The minimum absolute atomic E-state index is 0.321. The molecule has 2 rings (SSSR count). The van der Waals surface area contributed by atoms with Gasteiger partial charge in [0.2, 0.25) is 0 Å². The second kappa shape index (κ2) is 2.41. The van der Waals surface area contributed by atoms with E-state index in [2.05, 4.69) is 5.32 Å². The van der Waals surface area contributed by atoms with Crippen LogP contribution in [0.15, 0.2) is 35.8 Å². The Morgan fingerprint density at radius 2 is 2.50 bits per heavy atom. The fourth-order valence-electron chi connectivity index (χ4n) is 1.20. The molecule has 0 radical (unpaired) electrons. The van der Waals surface area contributed by atoms with Gasteiger partial charge in [-0.3, -0.25) is 0 Å². The number of allylic oxidation sites excluding steroid dienone is 1. The molecule has 0 aromatic heterocycles. The predicted molar refractivity (Wildman–Crippen MR) is 42.8 cm³/mol. The van der Waals surface area contributed by atoms with Gasteiger partial charge in [-0.15, -0.1) is 0 Å². The lowest BCUT2D eigenvalue weighted by Crippen LogP contribution is -2.19. The highest BCUT2D eigenvalue weighted by atomic mass is 16.4. The predicted octanol–water partition coefficient (Wildman–Crippen LogP) is 0.229. The van der Waals surface area contributed by atoms with Crippen molar-refractivity contribution < 1.29 is 9.90 Å². The molecule has 0 aliphatic carbocycles. The zero-order chi connectivity index (χ0) is 8.55. The van der Waals surface area contributed by atoms with Gasteiger partial charge in [-0.1, -0.05) is 0 Å². The standard InChI is InChI=1S/C8H8N2O2/c11-8(12)6-1-2-10-5-9-4-7(10)3-6/h1-4,9H,5H2,(H,11,12). The molecule has 0 aromatic carbocycles. The van der Waals surface area contributed by atoms with Crippen LogP contribution >= 0.6 is 0 Å². The van der Waals surface area contributed by atoms with Crippen molar-refractivity contribution >= 4 is 5.97 Å². The van der Waals surface area contributed by atoms with Crippen LogP contribution in [0.25, 0.3) is 0 Å². The number of nitrogens with one attached hydrogen (secondary N) is 1. The van der Waals surface area contributed by atoms with E-state index < -0.39 is 5.97 Å². The average Bonchev–Trinajstić information content (AvgIpc) is 2.49. The largest absolute Gasteiger partial charge is 0.478 e. The molecule has 2 heterocycles. The van der Waals surface area contributed by atoms with Gasteiger partial charge in [0.15, 0.2) is 0 Å². The van der Waals surface area contributed by atoms with Gasteiger partial charge in [-0.2, -0.15) is 0 Å². The van der Waals surface area contributed by atoms with E-state index in [9.17, 15) is 4.79 Å². The Morgan fingerprint density at radius 3 is 3.25 bits per heavy atom. The van der Waals surface area contributed by atoms with Crippen molar-refractivity contribution in [2.75, 3.05) is 6.67 Å². The van der Waals surface area contributed by atoms with E-state index in [1.54, 1.807) is 24.6 Å². The highest BCUT2D eigenvalue weighted by Crippen LogP contribution is 2.18. The van der Waals surface area contributed by atoms with Gasteiger partial charge in [-0.25, -0.2) is 4.79 Å². The molecule has 0 amide bonds. The maximum atomic E-state index is 10.6. The molecular weight excluding hydrogens is 156 g/mol. The number of aliphatic carboxylic acids is 1. The topological polar surface area (TPSA) is 52.6 Å². The molecule has 0 fully saturated rings. The Balaban J connectivity index is 2.31. The second-order valence-electron chi connectivity index (χ2n) is 2.62. The van der Waals surface area contributed by atoms with Crippen molar-refractivity contribution in [3.8, 4) is 0 Å². The second-order valence-corrected chi connectivity index (χ2v) is 2.62. The molecule has 0 atom stereocenters. The summed E-state index contributed by atoms with van der Waals surface area (Å²) in [7, 11) is 0. The molecule has 4 heteroatoms. The van der Waals surface area contributed by atoms with Crippen LogP contribution < -0.4 is 5.32 Å². The molecule has 2 aliphatic heterocycles. The lowest BCUT2D eigenvalue weighted by Gasteiger charge is -2.17. The molecule has 2 aliphatic rings. The SMILES string of the molecule is O=C(O)C1=CC2=CNCN2C=C1. The Labute approximate surface area is 69.5 Å². The van der Waals surface area contributed by atoms with Gasteiger partial charge in [0.25, 0.3) is 0 Å². The quantitative estimate of drug-likeness (QED) is 0.582. The van der Waals surface area contributed by atoms with Gasteiger partial charge in [0, 0.05) is 12.4 Å². The van der Waals surface area contributed by atoms with E-state index in [1.165, 1.54) is 0 Å². The monoisotopic (exact) mass is 164 g/mol. The molecule has 0 spiro atoms. The van der Waals surface area contributed by atoms with Gasteiger partial charge in [0.05, 0.1) is 17.9 Å². The minimum atomic E-state index is -0.890. The van der Waals surface area contributed by atoms with Crippen molar-refractivity contribution in [1.82, 2.24) is 10.2 Å². The minimum Gasteiger partial charge on any atom is -0.478 e. The zero-order valence-electron chi connectivity index (χ0n) is 6.32. The first-order valence-corrected chi connectivity index (χ1v) is 3.61. The zero-order valence-corrected chi connectivity index (χ0v) is 6.32. The molecule has 0 saturated heterocycles. The van der Waals surface area contributed by atoms with Crippen molar-refractivity contribution in [2.45, 2.75) is 0 Å². The smallest absolute Gasteiger partial charge is 0.335 e. The van der Waals surface area contributed by atoms with E-state index in [0.717, 1.165) is 12.4 Å². The summed E-state index contributed by atoms with van der Waals surface area (Å²) in [6, 6.07) is 0. The van der Waals surface area contributed by atoms with Crippen LogP contribution in [0.3, 0.4) is 0 Å². The first kappa shape index (κ1) is 6.97. The average molecular weight is 164 g/mol. The third-order valence-electron chi connectivity index (χ3n) is 1.83. The van der Waals surface area contributed by atoms with Crippen LogP contribution in [0.5, 0.6) is 0 Å². The molecule has 2 N–H and O–H groups in total. The maximum absolute atomic E-state index is 10.6. The van der Waals surface area contributed by atoms with Crippen LogP contribution in [0.4, 0.5) is 0 Å². The molecule has 62 valence electrons. The van der Waals surface area contributed by atoms with Gasteiger partial charge < -0.3 is 15.3 Å². The van der Waals surface area contributed by atoms with E-state index in [0.29, 0.717) is 5.57 Å². The molecule has 0 unspecified atom stereocenters. The van der Waals surface area contributed by atoms with Crippen LogP contribution in [0.1, 0.15) is 0 Å². The van der Waals surface area contributed by atoms with Crippen LogP contribution in [-0.4, -0.2) is 22.6 Å². The lowest BCUT2D eigenvalue weighted by atomic mass is 10.2. The number of hydrogen-bond acceptors (Lipinski definition) is 3. The Hall–Kier alpha value is -1.71. The van der Waals surface area contributed by atoms with E-state index >= 15 is 0 Å². The summed E-state index contributed by atoms with van der Waals surface area (Å²) in [4.78, 5) is 12.5. The van der Waals surface area contributed by atoms with Gasteiger partial charge in [-0.05, 0) is 12.2 Å². The third kappa shape index (κ3) is 0.972. The number of fused-ring (bicyclic) bond motifs is 1. The van der Waals surface area contributed by atoms with Crippen molar-refractivity contribution in [1.29, 1.82) is 0 Å². The fourth-order valence-corrected chi connectivity index (χ4v) is 1.20. The van der Waals surface area contributed by atoms with Gasteiger partial charge in [0.1, 0.15) is 0 Å². The number of hydrogen-bond donors (Lipinski definition) is 2. The first-order valence-electron chi connectivity index (χ1n) is 3.61. The summed E-state index contributed by atoms with van der Waals surface area (Å²) in [5.74, 6) is -0.890. The van der Waals surface area contributed by atoms with E-state index in [-0.39, 0.29) is 0 Å². The summed E-state index contributed by atoms with van der Waals surface area (Å²) < 4.78 is 0. The number of nitrogens with zero attached hydrogens (tertiary/aromatic N) is 1. The molecule has 0 aromatic rings. The summed E-state index contributed by atoms with van der Waals surface area (Å²) in [6.45, 7) is 0.717. The van der Waals surface area contributed by atoms with Crippen molar-refractivity contribution in [3.63, 3.8) is 0 Å². The van der Waals surface area contributed by atoms with Crippen LogP contribution in [0.2, 0.25) is 0 Å². The molecule has 0 bridgehead atoms.